The van der Waals surface area contributed by atoms with E-state index in [1.54, 1.807) is 6.07 Å². The van der Waals surface area contributed by atoms with Crippen molar-refractivity contribution in [1.82, 2.24) is 4.90 Å². The molecule has 0 radical (unpaired) electrons. The Morgan fingerprint density at radius 1 is 1.50 bits per heavy atom. The summed E-state index contributed by atoms with van der Waals surface area (Å²) in [7, 11) is 0. The molecule has 0 bridgehead atoms. The maximum atomic E-state index is 13.9. The van der Waals surface area contributed by atoms with Gasteiger partial charge in [-0.15, -0.1) is 0 Å². The van der Waals surface area contributed by atoms with Crippen LogP contribution in [0.5, 0.6) is 5.75 Å². The summed E-state index contributed by atoms with van der Waals surface area (Å²) in [6, 6.07) is 4.28. The number of halogens is 1. The fourth-order valence-electron chi connectivity index (χ4n) is 1.96. The number of hydrogen-bond acceptors (Lipinski definition) is 3. The predicted molar refractivity (Wildman–Crippen MR) is 73.3 cm³/mol. The van der Waals surface area contributed by atoms with Gasteiger partial charge in [0.2, 0.25) is 0 Å². The smallest absolute Gasteiger partial charge is 0.257 e. The molecule has 1 aromatic carbocycles. The minimum Gasteiger partial charge on any atom is -0.493 e. The van der Waals surface area contributed by atoms with Gasteiger partial charge in [-0.1, -0.05) is 13.8 Å². The lowest BCUT2D eigenvalue weighted by molar-refractivity contribution is 0.00558. The Bertz CT molecular complexity index is 484. The molecule has 0 aliphatic carbocycles. The van der Waals surface area contributed by atoms with Crippen molar-refractivity contribution in [1.29, 1.82) is 0 Å². The van der Waals surface area contributed by atoms with E-state index < -0.39 is 11.9 Å². The van der Waals surface area contributed by atoms with Crippen molar-refractivity contribution in [3.63, 3.8) is 0 Å². The summed E-state index contributed by atoms with van der Waals surface area (Å²) in [4.78, 5) is 13.4. The number of aliphatic hydroxyl groups is 1. The molecule has 0 unspecified atom stereocenters. The van der Waals surface area contributed by atoms with Crippen LogP contribution in [0.15, 0.2) is 18.2 Å². The zero-order chi connectivity index (χ0) is 14.7. The van der Waals surface area contributed by atoms with E-state index in [2.05, 4.69) is 13.8 Å². The number of aliphatic hydroxyl groups excluding tert-OH is 1. The number of likely N-dealkylation sites (tertiary alicyclic amines) is 1. The van der Waals surface area contributed by atoms with Crippen LogP contribution in [0.3, 0.4) is 0 Å². The van der Waals surface area contributed by atoms with Gasteiger partial charge in [0.25, 0.3) is 5.91 Å². The van der Waals surface area contributed by atoms with Gasteiger partial charge >= 0.3 is 0 Å². The summed E-state index contributed by atoms with van der Waals surface area (Å²) < 4.78 is 19.4. The number of ether oxygens (including phenoxy) is 1. The van der Waals surface area contributed by atoms with Crippen molar-refractivity contribution in [2.24, 2.45) is 5.92 Å². The van der Waals surface area contributed by atoms with E-state index in [0.717, 1.165) is 6.42 Å². The first kappa shape index (κ1) is 14.8. The van der Waals surface area contributed by atoms with Gasteiger partial charge in [-0.05, 0) is 24.5 Å². The van der Waals surface area contributed by atoms with Crippen LogP contribution in [0.25, 0.3) is 0 Å². The molecule has 1 aliphatic rings. The molecule has 1 amide bonds. The standard InChI is InChI=1S/C15H20FNO3/c1-10(2)5-6-20-12-3-4-13(14(16)7-12)15(19)17-8-11(18)9-17/h3-4,7,10-11,18H,5-6,8-9H2,1-2H3. The molecular weight excluding hydrogens is 261 g/mol. The van der Waals surface area contributed by atoms with Gasteiger partial charge in [0, 0.05) is 19.2 Å². The van der Waals surface area contributed by atoms with Crippen LogP contribution in [-0.2, 0) is 0 Å². The van der Waals surface area contributed by atoms with Crippen LogP contribution in [0.2, 0.25) is 0 Å². The van der Waals surface area contributed by atoms with Crippen molar-refractivity contribution < 1.29 is 19.0 Å². The summed E-state index contributed by atoms with van der Waals surface area (Å²) >= 11 is 0. The van der Waals surface area contributed by atoms with Crippen LogP contribution in [0.4, 0.5) is 4.39 Å². The van der Waals surface area contributed by atoms with Gasteiger partial charge in [-0.25, -0.2) is 4.39 Å². The first-order chi connectivity index (χ1) is 9.47. The molecule has 1 heterocycles. The van der Waals surface area contributed by atoms with Crippen LogP contribution in [-0.4, -0.2) is 41.7 Å². The van der Waals surface area contributed by atoms with Crippen molar-refractivity contribution in [2.75, 3.05) is 19.7 Å². The van der Waals surface area contributed by atoms with Gasteiger partial charge < -0.3 is 14.7 Å². The molecule has 1 fully saturated rings. The summed E-state index contributed by atoms with van der Waals surface area (Å²) in [5.74, 6) is -0.0122. The van der Waals surface area contributed by atoms with Crippen LogP contribution in [0, 0.1) is 11.7 Å². The summed E-state index contributed by atoms with van der Waals surface area (Å²) in [6.07, 6.45) is 0.411. The minimum absolute atomic E-state index is 0.0214. The molecule has 1 saturated heterocycles. The normalized spacial score (nSPS) is 15.3. The van der Waals surface area contributed by atoms with Crippen LogP contribution < -0.4 is 4.74 Å². The second kappa shape index (κ2) is 6.22. The molecule has 0 atom stereocenters. The number of β-amino-alcohol motifs (C(OH)–C–C–N with tert-alkyl or cyclic N) is 1. The third-order valence-electron chi connectivity index (χ3n) is 3.28. The molecule has 1 aromatic rings. The van der Waals surface area contributed by atoms with Gasteiger partial charge in [0.15, 0.2) is 0 Å². The van der Waals surface area contributed by atoms with E-state index in [9.17, 15) is 9.18 Å². The van der Waals surface area contributed by atoms with Crippen LogP contribution in [0.1, 0.15) is 30.6 Å². The molecule has 2 rings (SSSR count). The van der Waals surface area contributed by atoms with Crippen molar-refractivity contribution in [2.45, 2.75) is 26.4 Å². The highest BCUT2D eigenvalue weighted by Crippen LogP contribution is 2.20. The maximum Gasteiger partial charge on any atom is 0.257 e. The molecule has 0 aromatic heterocycles. The highest BCUT2D eigenvalue weighted by Gasteiger charge is 2.30. The zero-order valence-corrected chi connectivity index (χ0v) is 11.8. The van der Waals surface area contributed by atoms with Crippen LogP contribution >= 0.6 is 0 Å². The van der Waals surface area contributed by atoms with Gasteiger partial charge in [0.1, 0.15) is 11.6 Å². The van der Waals surface area contributed by atoms with Gasteiger partial charge in [0.05, 0.1) is 18.3 Å². The Kier molecular flexibility index (Phi) is 4.60. The molecule has 20 heavy (non-hydrogen) atoms. The SMILES string of the molecule is CC(C)CCOc1ccc(C(=O)N2CC(O)C2)c(F)c1. The number of nitrogens with zero attached hydrogens (tertiary/aromatic N) is 1. The fraction of sp³-hybridized carbons (Fsp3) is 0.533. The molecule has 0 spiro atoms. The first-order valence-corrected chi connectivity index (χ1v) is 6.87. The third-order valence-corrected chi connectivity index (χ3v) is 3.28. The van der Waals surface area contributed by atoms with Crippen molar-refractivity contribution in [3.8, 4) is 5.75 Å². The number of carbonyl (C=O) groups is 1. The molecule has 1 aliphatic heterocycles. The summed E-state index contributed by atoms with van der Waals surface area (Å²) in [6.45, 7) is 5.25. The van der Waals surface area contributed by atoms with Crippen molar-refractivity contribution in [3.05, 3.63) is 29.6 Å². The summed E-state index contributed by atoms with van der Waals surface area (Å²) in [5, 5.41) is 9.16. The Balaban J connectivity index is 1.97. The van der Waals surface area contributed by atoms with E-state index in [0.29, 0.717) is 18.3 Å². The lowest BCUT2D eigenvalue weighted by Crippen LogP contribution is -2.53. The number of carbonyl (C=O) groups excluding carboxylic acids is 1. The number of benzene rings is 1. The second-order valence-electron chi connectivity index (χ2n) is 5.54. The number of amides is 1. The largest absolute Gasteiger partial charge is 0.493 e. The number of hydrogen-bond donors (Lipinski definition) is 1. The Morgan fingerprint density at radius 2 is 2.20 bits per heavy atom. The third kappa shape index (κ3) is 3.48. The van der Waals surface area contributed by atoms with Crippen molar-refractivity contribution >= 4 is 5.91 Å². The average Bonchev–Trinajstić information content (AvgIpc) is 2.34. The quantitative estimate of drug-likeness (QED) is 0.899. The molecule has 1 N–H and O–H groups in total. The van der Waals surface area contributed by atoms with E-state index in [4.69, 9.17) is 9.84 Å². The first-order valence-electron chi connectivity index (χ1n) is 6.87. The highest BCUT2D eigenvalue weighted by atomic mass is 19.1. The Hall–Kier alpha value is -1.62. The fourth-order valence-corrected chi connectivity index (χ4v) is 1.96. The Morgan fingerprint density at radius 3 is 2.75 bits per heavy atom. The molecule has 4 nitrogen and oxygen atoms in total. The minimum atomic E-state index is -0.585. The summed E-state index contributed by atoms with van der Waals surface area (Å²) in [5.41, 5.74) is 0.0214. The Labute approximate surface area is 118 Å². The van der Waals surface area contributed by atoms with Gasteiger partial charge in [-0.2, -0.15) is 0 Å². The van der Waals surface area contributed by atoms with E-state index in [1.807, 2.05) is 0 Å². The number of rotatable bonds is 5. The maximum absolute atomic E-state index is 13.9. The van der Waals surface area contributed by atoms with E-state index >= 15 is 0 Å². The monoisotopic (exact) mass is 281 g/mol. The zero-order valence-electron chi connectivity index (χ0n) is 11.8. The molecule has 0 saturated carbocycles. The lowest BCUT2D eigenvalue weighted by Gasteiger charge is -2.35. The lowest BCUT2D eigenvalue weighted by atomic mass is 10.1. The molecular formula is C15H20FNO3. The van der Waals surface area contributed by atoms with E-state index in [-0.39, 0.29) is 24.6 Å². The highest BCUT2D eigenvalue weighted by molar-refractivity contribution is 5.95. The molecule has 110 valence electrons. The average molecular weight is 281 g/mol. The predicted octanol–water partition coefficient (Wildman–Crippen LogP) is 2.07. The van der Waals surface area contributed by atoms with Gasteiger partial charge in [-0.3, -0.25) is 4.79 Å². The second-order valence-corrected chi connectivity index (χ2v) is 5.54. The topological polar surface area (TPSA) is 49.8 Å². The van der Waals surface area contributed by atoms with E-state index in [1.165, 1.54) is 17.0 Å². The molecule has 5 heteroatoms.